The van der Waals surface area contributed by atoms with E-state index in [1.54, 1.807) is 4.98 Å². The van der Waals surface area contributed by atoms with Crippen LogP contribution in [0.3, 0.4) is 0 Å². The molecule has 2 rings (SSSR count). The first kappa shape index (κ1) is 15.7. The number of halogens is 3. The Balaban J connectivity index is 2.61. The second-order valence-electron chi connectivity index (χ2n) is 4.02. The Kier molecular flexibility index (Phi) is 4.22. The van der Waals surface area contributed by atoms with E-state index in [2.05, 4.69) is 0 Å². The van der Waals surface area contributed by atoms with Gasteiger partial charge < -0.3 is 0 Å². The quantitative estimate of drug-likeness (QED) is 0.843. The molecule has 0 radical (unpaired) electrons. The Morgan fingerprint density at radius 1 is 1.29 bits per heavy atom. The first-order valence-corrected chi connectivity index (χ1v) is 8.10. The van der Waals surface area contributed by atoms with Crippen molar-refractivity contribution in [1.82, 2.24) is 9.55 Å². The molecular weight excluding hydrogens is 346 g/mol. The van der Waals surface area contributed by atoms with Crippen molar-refractivity contribution >= 4 is 31.3 Å². The lowest BCUT2D eigenvalue weighted by Crippen LogP contribution is -2.32. The monoisotopic (exact) mass is 352 g/mol. The number of aromatic amines is 1. The van der Waals surface area contributed by atoms with E-state index in [4.69, 9.17) is 22.3 Å². The molecule has 1 aromatic carbocycles. The summed E-state index contributed by atoms with van der Waals surface area (Å²) in [6, 6.07) is 3.93. The highest BCUT2D eigenvalue weighted by molar-refractivity contribution is 8.13. The molecule has 1 N–H and O–H groups in total. The van der Waals surface area contributed by atoms with Gasteiger partial charge in [0.05, 0.1) is 6.54 Å². The zero-order valence-corrected chi connectivity index (χ0v) is 12.5. The molecular formula is C11H7Cl2FN2O4S. The third-order valence-corrected chi connectivity index (χ3v) is 4.30. The normalized spacial score (nSPS) is 11.6. The van der Waals surface area contributed by atoms with E-state index in [1.807, 2.05) is 0 Å². The van der Waals surface area contributed by atoms with E-state index < -0.39 is 31.0 Å². The van der Waals surface area contributed by atoms with Crippen molar-refractivity contribution < 1.29 is 12.8 Å². The van der Waals surface area contributed by atoms with Crippen LogP contribution in [-0.2, 0) is 15.6 Å². The maximum atomic E-state index is 13.7. The molecule has 0 aliphatic heterocycles. The highest BCUT2D eigenvalue weighted by atomic mass is 35.7. The van der Waals surface area contributed by atoms with Gasteiger partial charge in [0.1, 0.15) is 5.82 Å². The van der Waals surface area contributed by atoms with Crippen LogP contribution in [0.25, 0.3) is 0 Å². The van der Waals surface area contributed by atoms with Crippen LogP contribution in [0.5, 0.6) is 0 Å². The van der Waals surface area contributed by atoms with E-state index >= 15 is 0 Å². The van der Waals surface area contributed by atoms with E-state index in [9.17, 15) is 22.4 Å². The molecule has 0 fully saturated rings. The molecule has 0 aliphatic rings. The molecule has 21 heavy (non-hydrogen) atoms. The summed E-state index contributed by atoms with van der Waals surface area (Å²) >= 11 is 5.82. The van der Waals surface area contributed by atoms with Crippen molar-refractivity contribution in [3.63, 3.8) is 0 Å². The van der Waals surface area contributed by atoms with Crippen LogP contribution in [0.15, 0.2) is 38.9 Å². The summed E-state index contributed by atoms with van der Waals surface area (Å²) in [7, 11) is 0.747. The van der Waals surface area contributed by atoms with Crippen LogP contribution in [0.4, 0.5) is 4.39 Å². The lowest BCUT2D eigenvalue weighted by Gasteiger charge is -2.09. The largest absolute Gasteiger partial charge is 0.328 e. The van der Waals surface area contributed by atoms with Gasteiger partial charge in [-0.1, -0.05) is 17.7 Å². The van der Waals surface area contributed by atoms with E-state index in [0.29, 0.717) is 0 Å². The third-order valence-electron chi connectivity index (χ3n) is 2.63. The van der Waals surface area contributed by atoms with Crippen LogP contribution in [0, 0.1) is 5.82 Å². The van der Waals surface area contributed by atoms with Crippen LogP contribution in [0.2, 0.25) is 5.02 Å². The van der Waals surface area contributed by atoms with Crippen molar-refractivity contribution in [2.45, 2.75) is 11.4 Å². The van der Waals surface area contributed by atoms with E-state index in [1.165, 1.54) is 12.1 Å². The average Bonchev–Trinajstić information content (AvgIpc) is 2.34. The van der Waals surface area contributed by atoms with Crippen LogP contribution in [-0.4, -0.2) is 18.0 Å². The number of H-pyrrole nitrogens is 1. The average molecular weight is 353 g/mol. The van der Waals surface area contributed by atoms with E-state index in [0.717, 1.165) is 16.8 Å². The minimum absolute atomic E-state index is 0.0220. The van der Waals surface area contributed by atoms with Gasteiger partial charge in [-0.3, -0.25) is 14.3 Å². The Morgan fingerprint density at radius 2 is 1.95 bits per heavy atom. The molecule has 2 aromatic rings. The molecule has 6 nitrogen and oxygen atoms in total. The SMILES string of the molecule is O=c1[nH]c(=O)n(Cc2c(F)cccc2Cl)cc1S(=O)(=O)Cl. The molecule has 1 heterocycles. The van der Waals surface area contributed by atoms with Crippen molar-refractivity contribution in [2.24, 2.45) is 0 Å². The number of nitrogens with one attached hydrogen (secondary N) is 1. The Labute approximate surface area is 127 Å². The molecule has 0 unspecified atom stereocenters. The van der Waals surface area contributed by atoms with Gasteiger partial charge >= 0.3 is 5.69 Å². The lowest BCUT2D eigenvalue weighted by atomic mass is 10.2. The van der Waals surface area contributed by atoms with Gasteiger partial charge in [0.2, 0.25) is 0 Å². The molecule has 0 amide bonds. The summed E-state index contributed by atoms with van der Waals surface area (Å²) in [4.78, 5) is 24.0. The molecule has 0 saturated heterocycles. The summed E-state index contributed by atoms with van der Waals surface area (Å²) in [5.74, 6) is -0.670. The van der Waals surface area contributed by atoms with Gasteiger partial charge in [-0.2, -0.15) is 0 Å². The smallest absolute Gasteiger partial charge is 0.295 e. The number of aromatic nitrogens is 2. The molecule has 0 bridgehead atoms. The van der Waals surface area contributed by atoms with Gasteiger partial charge in [-0.15, -0.1) is 0 Å². The van der Waals surface area contributed by atoms with Crippen molar-refractivity contribution in [1.29, 1.82) is 0 Å². The molecule has 0 atom stereocenters. The minimum Gasteiger partial charge on any atom is -0.295 e. The summed E-state index contributed by atoms with van der Waals surface area (Å²) in [6.45, 7) is -0.361. The molecule has 10 heteroatoms. The van der Waals surface area contributed by atoms with Gasteiger partial charge in [0.15, 0.2) is 4.90 Å². The highest BCUT2D eigenvalue weighted by Crippen LogP contribution is 2.19. The highest BCUT2D eigenvalue weighted by Gasteiger charge is 2.18. The predicted molar refractivity (Wildman–Crippen MR) is 74.9 cm³/mol. The van der Waals surface area contributed by atoms with Gasteiger partial charge in [-0.25, -0.2) is 17.6 Å². The predicted octanol–water partition coefficient (Wildman–Crippen LogP) is 1.30. The number of benzene rings is 1. The van der Waals surface area contributed by atoms with Crippen molar-refractivity contribution in [3.05, 3.63) is 61.6 Å². The van der Waals surface area contributed by atoms with Gasteiger partial charge in [-0.05, 0) is 12.1 Å². The zero-order chi connectivity index (χ0) is 15.8. The molecule has 0 saturated carbocycles. The summed E-state index contributed by atoms with van der Waals surface area (Å²) < 4.78 is 36.9. The molecule has 0 aliphatic carbocycles. The number of hydrogen-bond acceptors (Lipinski definition) is 4. The van der Waals surface area contributed by atoms with Gasteiger partial charge in [0.25, 0.3) is 14.6 Å². The van der Waals surface area contributed by atoms with Crippen LogP contribution >= 0.6 is 22.3 Å². The lowest BCUT2D eigenvalue weighted by molar-refractivity contribution is 0.586. The maximum Gasteiger partial charge on any atom is 0.328 e. The second kappa shape index (κ2) is 5.63. The first-order chi connectivity index (χ1) is 9.70. The molecule has 112 valence electrons. The summed E-state index contributed by atoms with van der Waals surface area (Å²) in [5.41, 5.74) is -2.08. The fourth-order valence-corrected chi connectivity index (χ4v) is 2.71. The molecule has 0 spiro atoms. The topological polar surface area (TPSA) is 89.0 Å². The van der Waals surface area contributed by atoms with Crippen LogP contribution < -0.4 is 11.2 Å². The Bertz CT molecular complexity index is 900. The molecule has 1 aromatic heterocycles. The maximum absolute atomic E-state index is 13.7. The second-order valence-corrected chi connectivity index (χ2v) is 6.96. The first-order valence-electron chi connectivity index (χ1n) is 5.41. The van der Waals surface area contributed by atoms with Crippen molar-refractivity contribution in [2.75, 3.05) is 0 Å². The number of hydrogen-bond donors (Lipinski definition) is 1. The minimum atomic E-state index is -4.34. The fraction of sp³-hybridized carbons (Fsp3) is 0.0909. The summed E-state index contributed by atoms with van der Waals surface area (Å²) in [6.07, 6.45) is 0.742. The third kappa shape index (κ3) is 3.34. The number of nitrogens with zero attached hydrogens (tertiary/aromatic N) is 1. The fourth-order valence-electron chi connectivity index (χ4n) is 1.63. The van der Waals surface area contributed by atoms with E-state index in [-0.39, 0.29) is 17.1 Å². The van der Waals surface area contributed by atoms with Gasteiger partial charge in [0, 0.05) is 27.5 Å². The Hall–Kier alpha value is -1.64. The Morgan fingerprint density at radius 3 is 2.52 bits per heavy atom. The zero-order valence-electron chi connectivity index (χ0n) is 10.1. The summed E-state index contributed by atoms with van der Waals surface area (Å²) in [5, 5.41) is 0.0587. The number of rotatable bonds is 3. The van der Waals surface area contributed by atoms with Crippen LogP contribution in [0.1, 0.15) is 5.56 Å². The standard InChI is InChI=1S/C11H7Cl2FN2O4S/c12-7-2-1-3-8(14)6(7)4-16-5-9(21(13,19)20)10(17)15-11(16)18/h1-3,5H,4H2,(H,15,17,18). The van der Waals surface area contributed by atoms with Crippen molar-refractivity contribution in [3.8, 4) is 0 Å².